The highest BCUT2D eigenvalue weighted by Gasteiger charge is 2.77. The Labute approximate surface area is 232 Å². The molecule has 1 saturated carbocycles. The maximum absolute atomic E-state index is 13.1. The molecule has 2 aromatic carbocycles. The zero-order chi connectivity index (χ0) is 28.5. The van der Waals surface area contributed by atoms with Crippen molar-refractivity contribution < 1.29 is 24.5 Å². The van der Waals surface area contributed by atoms with Crippen LogP contribution in [0.2, 0.25) is 0 Å². The van der Waals surface area contributed by atoms with Crippen LogP contribution in [0.25, 0.3) is 0 Å². The summed E-state index contributed by atoms with van der Waals surface area (Å²) in [5.74, 6) is -0.637. The van der Waals surface area contributed by atoms with Crippen molar-refractivity contribution in [3.63, 3.8) is 0 Å². The van der Waals surface area contributed by atoms with Gasteiger partial charge in [0.05, 0.1) is 37.0 Å². The normalized spacial score (nSPS) is 26.4. The molecule has 3 aromatic rings. The highest BCUT2D eigenvalue weighted by Crippen LogP contribution is 2.69. The molecule has 1 aromatic heterocycles. The monoisotopic (exact) mass is 541 g/mol. The molecule has 40 heavy (non-hydrogen) atoms. The lowest BCUT2D eigenvalue weighted by molar-refractivity contribution is -0.132. The average Bonchev–Trinajstić information content (AvgIpc) is 3.36. The summed E-state index contributed by atoms with van der Waals surface area (Å²) in [5, 5.41) is 43.0. The average molecular weight is 542 g/mol. The van der Waals surface area contributed by atoms with E-state index in [-0.39, 0.29) is 22.9 Å². The number of pyridine rings is 1. The predicted octanol–water partition coefficient (Wildman–Crippen LogP) is 2.65. The third-order valence-electron chi connectivity index (χ3n) is 8.16. The number of hydrogen-bond acceptors (Lipinski definition) is 10. The van der Waals surface area contributed by atoms with Gasteiger partial charge >= 0.3 is 0 Å². The standard InChI is InChI=1S/C30H31N5O5/c1-35(13-14-38-2)18-23-25(20-7-5-4-6-8-20)30(21-11-9-19(16-31)10-12-21)29(36,27(23)34-37)26-24(40-30)15-22(17-32)33-28(26)39-3/h4-12,15,23,25,27,34,36-37H,13-14,18H2,1-3H3/t23-,25-,27-,29+,30+/m1/s1. The number of benzene rings is 2. The predicted molar refractivity (Wildman–Crippen MR) is 144 cm³/mol. The zero-order valence-corrected chi connectivity index (χ0v) is 22.5. The molecule has 0 spiro atoms. The minimum atomic E-state index is -1.91. The summed E-state index contributed by atoms with van der Waals surface area (Å²) in [7, 11) is 5.01. The molecular weight excluding hydrogens is 510 g/mol. The van der Waals surface area contributed by atoms with Gasteiger partial charge in [0.1, 0.15) is 17.5 Å². The van der Waals surface area contributed by atoms with Crippen LogP contribution in [-0.2, 0) is 15.9 Å². The number of ether oxygens (including phenoxy) is 3. The quantitative estimate of drug-likeness (QED) is 0.346. The minimum Gasteiger partial charge on any atom is -0.481 e. The van der Waals surface area contributed by atoms with Crippen LogP contribution in [0, 0.1) is 28.6 Å². The van der Waals surface area contributed by atoms with E-state index in [2.05, 4.69) is 21.4 Å². The second-order valence-electron chi connectivity index (χ2n) is 10.2. The topological polar surface area (TPSA) is 144 Å². The Bertz CT molecular complexity index is 1450. The van der Waals surface area contributed by atoms with Crippen molar-refractivity contribution >= 4 is 0 Å². The van der Waals surface area contributed by atoms with E-state index >= 15 is 0 Å². The molecule has 10 heteroatoms. The van der Waals surface area contributed by atoms with Crippen LogP contribution in [0.1, 0.15) is 33.9 Å². The van der Waals surface area contributed by atoms with Gasteiger partial charge in [-0.25, -0.2) is 4.98 Å². The van der Waals surface area contributed by atoms with E-state index in [1.165, 1.54) is 13.2 Å². The zero-order valence-electron chi connectivity index (χ0n) is 22.5. The molecule has 2 heterocycles. The molecule has 5 atom stereocenters. The molecule has 3 N–H and O–H groups in total. The fourth-order valence-electron chi connectivity index (χ4n) is 6.55. The van der Waals surface area contributed by atoms with Gasteiger partial charge in [0.15, 0.2) is 11.2 Å². The van der Waals surface area contributed by atoms with Gasteiger partial charge in [-0.2, -0.15) is 16.0 Å². The van der Waals surface area contributed by atoms with Crippen molar-refractivity contribution in [3.05, 3.63) is 88.6 Å². The highest BCUT2D eigenvalue weighted by molar-refractivity contribution is 5.60. The first-order valence-corrected chi connectivity index (χ1v) is 12.9. The smallest absolute Gasteiger partial charge is 0.224 e. The molecule has 0 saturated heterocycles. The molecule has 1 fully saturated rings. The van der Waals surface area contributed by atoms with Gasteiger partial charge in [-0.05, 0) is 30.3 Å². The number of fused-ring (bicyclic) bond motifs is 3. The van der Waals surface area contributed by atoms with E-state index in [1.807, 2.05) is 43.4 Å². The molecule has 206 valence electrons. The van der Waals surface area contributed by atoms with Crippen molar-refractivity contribution in [1.29, 1.82) is 10.5 Å². The van der Waals surface area contributed by atoms with Crippen molar-refractivity contribution in [3.8, 4) is 23.8 Å². The van der Waals surface area contributed by atoms with Crippen LogP contribution in [0.3, 0.4) is 0 Å². The van der Waals surface area contributed by atoms with E-state index in [1.54, 1.807) is 31.4 Å². The number of rotatable bonds is 9. The Kier molecular flexibility index (Phi) is 7.47. The number of nitrogens with zero attached hydrogens (tertiary/aromatic N) is 4. The Morgan fingerprint density at radius 1 is 1.10 bits per heavy atom. The molecule has 0 unspecified atom stereocenters. The number of methoxy groups -OCH3 is 2. The molecular formula is C30H31N5O5. The fraction of sp³-hybridized carbons (Fsp3) is 0.367. The number of hydroxylamine groups is 1. The summed E-state index contributed by atoms with van der Waals surface area (Å²) >= 11 is 0. The summed E-state index contributed by atoms with van der Waals surface area (Å²) in [6.07, 6.45) is 0. The fourth-order valence-corrected chi connectivity index (χ4v) is 6.55. The van der Waals surface area contributed by atoms with Gasteiger partial charge in [-0.15, -0.1) is 0 Å². The van der Waals surface area contributed by atoms with Gasteiger partial charge in [0, 0.05) is 38.1 Å². The molecule has 10 nitrogen and oxygen atoms in total. The van der Waals surface area contributed by atoms with Crippen LogP contribution in [-0.4, -0.2) is 67.2 Å². The van der Waals surface area contributed by atoms with Gasteiger partial charge < -0.3 is 29.4 Å². The van der Waals surface area contributed by atoms with Gasteiger partial charge in [-0.1, -0.05) is 42.5 Å². The van der Waals surface area contributed by atoms with Crippen LogP contribution < -0.4 is 15.0 Å². The third-order valence-corrected chi connectivity index (χ3v) is 8.16. The second kappa shape index (κ2) is 10.9. The van der Waals surface area contributed by atoms with Crippen molar-refractivity contribution in [2.45, 2.75) is 23.2 Å². The van der Waals surface area contributed by atoms with Crippen LogP contribution in [0.4, 0.5) is 0 Å². The first-order valence-electron chi connectivity index (χ1n) is 12.9. The lowest BCUT2D eigenvalue weighted by Gasteiger charge is -2.41. The Hall–Kier alpha value is -4.03. The molecule has 1 aliphatic heterocycles. The number of nitriles is 2. The van der Waals surface area contributed by atoms with E-state index in [4.69, 9.17) is 14.2 Å². The van der Waals surface area contributed by atoms with Crippen LogP contribution >= 0.6 is 0 Å². The molecule has 0 bridgehead atoms. The summed E-state index contributed by atoms with van der Waals surface area (Å²) in [6.45, 7) is 1.60. The minimum absolute atomic E-state index is 0.0347. The number of hydrogen-bond donors (Lipinski definition) is 3. The third kappa shape index (κ3) is 4.01. The molecule has 1 aliphatic carbocycles. The van der Waals surface area contributed by atoms with E-state index in [0.29, 0.717) is 30.8 Å². The SMILES string of the molecule is COCCN(C)C[C@H]1[C@@H](NO)[C@@]2(O)c3c(cc(C#N)nc3OC)O[C@@]2(c2ccc(C#N)cc2)[C@@H]1c1ccccc1. The summed E-state index contributed by atoms with van der Waals surface area (Å²) < 4.78 is 17.8. The van der Waals surface area contributed by atoms with Crippen LogP contribution in [0.5, 0.6) is 11.6 Å². The van der Waals surface area contributed by atoms with Gasteiger partial charge in [-0.3, -0.25) is 0 Å². The molecule has 0 radical (unpaired) electrons. The van der Waals surface area contributed by atoms with Crippen molar-refractivity contribution in [1.82, 2.24) is 15.4 Å². The Morgan fingerprint density at radius 2 is 1.82 bits per heavy atom. The lowest BCUT2D eigenvalue weighted by Crippen LogP contribution is -2.55. The summed E-state index contributed by atoms with van der Waals surface area (Å²) in [4.78, 5) is 6.41. The van der Waals surface area contributed by atoms with Crippen LogP contribution in [0.15, 0.2) is 60.7 Å². The first-order chi connectivity index (χ1) is 19.4. The van der Waals surface area contributed by atoms with Gasteiger partial charge in [0.2, 0.25) is 5.88 Å². The highest BCUT2D eigenvalue weighted by atomic mass is 16.5. The molecule has 0 amide bonds. The molecule has 2 aliphatic rings. The molecule has 5 rings (SSSR count). The Balaban J connectivity index is 1.83. The summed E-state index contributed by atoms with van der Waals surface area (Å²) in [6, 6.07) is 21.3. The Morgan fingerprint density at radius 3 is 2.42 bits per heavy atom. The number of nitrogens with one attached hydrogen (secondary N) is 1. The van der Waals surface area contributed by atoms with E-state index in [0.717, 1.165) is 5.56 Å². The second-order valence-corrected chi connectivity index (χ2v) is 10.2. The van der Waals surface area contributed by atoms with E-state index in [9.17, 15) is 20.8 Å². The first kappa shape index (κ1) is 27.5. The number of aliphatic hydroxyl groups is 1. The van der Waals surface area contributed by atoms with Gasteiger partial charge in [0.25, 0.3) is 0 Å². The maximum Gasteiger partial charge on any atom is 0.224 e. The maximum atomic E-state index is 13.1. The van der Waals surface area contributed by atoms with Crippen molar-refractivity contribution in [2.24, 2.45) is 5.92 Å². The lowest BCUT2D eigenvalue weighted by atomic mass is 9.70. The summed E-state index contributed by atoms with van der Waals surface area (Å²) in [5.41, 5.74) is 1.27. The van der Waals surface area contributed by atoms with Crippen molar-refractivity contribution in [2.75, 3.05) is 41.0 Å². The number of aromatic nitrogens is 1. The number of likely N-dealkylation sites (N-methyl/N-ethyl adjacent to an activating group) is 1. The largest absolute Gasteiger partial charge is 0.481 e. The van der Waals surface area contributed by atoms with E-state index < -0.39 is 29.1 Å².